The van der Waals surface area contributed by atoms with Crippen LogP contribution in [-0.2, 0) is 9.84 Å². The summed E-state index contributed by atoms with van der Waals surface area (Å²) >= 11 is 0. The SMILES string of the molecule is Cc1cc(C)cc(C2CS(=O)(=O)C(C)CCN2)c1. The lowest BCUT2D eigenvalue weighted by Gasteiger charge is -2.17. The number of hydrogen-bond donors (Lipinski definition) is 1. The molecule has 0 saturated carbocycles. The van der Waals surface area contributed by atoms with Gasteiger partial charge in [0.15, 0.2) is 9.84 Å². The van der Waals surface area contributed by atoms with Crippen molar-refractivity contribution >= 4 is 9.84 Å². The zero-order chi connectivity index (χ0) is 13.3. The fourth-order valence-electron chi connectivity index (χ4n) is 2.52. The van der Waals surface area contributed by atoms with Crippen molar-refractivity contribution in [1.29, 1.82) is 0 Å². The first-order valence-electron chi connectivity index (χ1n) is 6.41. The van der Waals surface area contributed by atoms with Crippen LogP contribution in [0.1, 0.15) is 36.1 Å². The first-order valence-corrected chi connectivity index (χ1v) is 8.13. The van der Waals surface area contributed by atoms with Gasteiger partial charge in [0.05, 0.1) is 11.0 Å². The van der Waals surface area contributed by atoms with Gasteiger partial charge in [-0.15, -0.1) is 0 Å². The topological polar surface area (TPSA) is 46.2 Å². The van der Waals surface area contributed by atoms with E-state index < -0.39 is 9.84 Å². The normalized spacial score (nSPS) is 27.7. The zero-order valence-corrected chi connectivity index (χ0v) is 12.0. The van der Waals surface area contributed by atoms with Crippen molar-refractivity contribution in [2.24, 2.45) is 0 Å². The molecule has 0 aromatic heterocycles. The zero-order valence-electron chi connectivity index (χ0n) is 11.2. The molecule has 100 valence electrons. The van der Waals surface area contributed by atoms with E-state index in [0.29, 0.717) is 6.42 Å². The van der Waals surface area contributed by atoms with Gasteiger partial charge in [-0.25, -0.2) is 8.42 Å². The lowest BCUT2D eigenvalue weighted by Crippen LogP contribution is -2.26. The molecule has 1 aromatic carbocycles. The predicted octanol–water partition coefficient (Wildman–Crippen LogP) is 2.14. The van der Waals surface area contributed by atoms with Gasteiger partial charge < -0.3 is 5.32 Å². The third-order valence-electron chi connectivity index (χ3n) is 3.60. The Labute approximate surface area is 110 Å². The molecule has 2 atom stereocenters. The molecule has 18 heavy (non-hydrogen) atoms. The third-order valence-corrected chi connectivity index (χ3v) is 5.86. The van der Waals surface area contributed by atoms with Crippen LogP contribution in [0.15, 0.2) is 18.2 Å². The Morgan fingerprint density at radius 3 is 2.39 bits per heavy atom. The van der Waals surface area contributed by atoms with E-state index in [1.54, 1.807) is 6.92 Å². The number of sulfone groups is 1. The second kappa shape index (κ2) is 5.02. The lowest BCUT2D eigenvalue weighted by molar-refractivity contribution is 0.571. The lowest BCUT2D eigenvalue weighted by atomic mass is 10.0. The first kappa shape index (κ1) is 13.6. The molecule has 2 rings (SSSR count). The van der Waals surface area contributed by atoms with Crippen molar-refractivity contribution in [2.75, 3.05) is 12.3 Å². The molecule has 0 radical (unpaired) electrons. The van der Waals surface area contributed by atoms with Gasteiger partial charge in [0.1, 0.15) is 0 Å². The minimum Gasteiger partial charge on any atom is -0.309 e. The van der Waals surface area contributed by atoms with Crippen LogP contribution in [0.5, 0.6) is 0 Å². The second-order valence-electron chi connectivity index (χ2n) is 5.36. The summed E-state index contributed by atoms with van der Waals surface area (Å²) in [6, 6.07) is 6.20. The summed E-state index contributed by atoms with van der Waals surface area (Å²) in [5.74, 6) is 0.205. The average molecular weight is 267 g/mol. The van der Waals surface area contributed by atoms with Crippen molar-refractivity contribution in [2.45, 2.75) is 38.5 Å². The van der Waals surface area contributed by atoms with Gasteiger partial charge in [0, 0.05) is 6.04 Å². The van der Waals surface area contributed by atoms with Crippen LogP contribution in [0.2, 0.25) is 0 Å². The largest absolute Gasteiger partial charge is 0.309 e. The van der Waals surface area contributed by atoms with E-state index in [9.17, 15) is 8.42 Å². The van der Waals surface area contributed by atoms with Crippen LogP contribution in [0.3, 0.4) is 0 Å². The van der Waals surface area contributed by atoms with E-state index in [-0.39, 0.29) is 17.0 Å². The van der Waals surface area contributed by atoms with E-state index in [2.05, 4.69) is 23.5 Å². The van der Waals surface area contributed by atoms with E-state index >= 15 is 0 Å². The number of hydrogen-bond acceptors (Lipinski definition) is 3. The van der Waals surface area contributed by atoms with Crippen LogP contribution in [0.25, 0.3) is 0 Å². The van der Waals surface area contributed by atoms with Gasteiger partial charge in [-0.2, -0.15) is 0 Å². The Balaban J connectivity index is 2.33. The van der Waals surface area contributed by atoms with Gasteiger partial charge in [-0.3, -0.25) is 0 Å². The Hall–Kier alpha value is -0.870. The molecule has 1 N–H and O–H groups in total. The van der Waals surface area contributed by atoms with Crippen molar-refractivity contribution in [3.63, 3.8) is 0 Å². The Kier molecular flexibility index (Phi) is 3.78. The molecule has 3 nitrogen and oxygen atoms in total. The summed E-state index contributed by atoms with van der Waals surface area (Å²) in [4.78, 5) is 0. The van der Waals surface area contributed by atoms with Crippen LogP contribution < -0.4 is 5.32 Å². The molecule has 0 bridgehead atoms. The molecular weight excluding hydrogens is 246 g/mol. The van der Waals surface area contributed by atoms with Gasteiger partial charge in [0.2, 0.25) is 0 Å². The highest BCUT2D eigenvalue weighted by molar-refractivity contribution is 7.92. The van der Waals surface area contributed by atoms with Crippen molar-refractivity contribution in [3.05, 3.63) is 34.9 Å². The quantitative estimate of drug-likeness (QED) is 0.848. The standard InChI is InChI=1S/C14H21NO2S/c1-10-6-11(2)8-13(7-10)14-9-18(16,17)12(3)4-5-15-14/h6-8,12,14-15H,4-5,9H2,1-3H3. The highest BCUT2D eigenvalue weighted by atomic mass is 32.2. The molecule has 1 fully saturated rings. The number of rotatable bonds is 1. The van der Waals surface area contributed by atoms with E-state index in [4.69, 9.17) is 0 Å². The van der Waals surface area contributed by atoms with Crippen molar-refractivity contribution in [1.82, 2.24) is 5.32 Å². The summed E-state index contributed by atoms with van der Waals surface area (Å²) < 4.78 is 24.2. The molecular formula is C14H21NO2S. The summed E-state index contributed by atoms with van der Waals surface area (Å²) in [6.45, 7) is 6.66. The van der Waals surface area contributed by atoms with E-state index in [1.807, 2.05) is 13.8 Å². The minimum atomic E-state index is -2.98. The second-order valence-corrected chi connectivity index (χ2v) is 7.82. The molecule has 0 aliphatic carbocycles. The molecule has 2 unspecified atom stereocenters. The third kappa shape index (κ3) is 2.93. The van der Waals surface area contributed by atoms with Gasteiger partial charge in [-0.1, -0.05) is 29.3 Å². The van der Waals surface area contributed by atoms with Crippen molar-refractivity contribution < 1.29 is 8.42 Å². The van der Waals surface area contributed by atoms with Crippen LogP contribution >= 0.6 is 0 Å². The predicted molar refractivity (Wildman–Crippen MR) is 74.5 cm³/mol. The first-order chi connectivity index (χ1) is 8.38. The maximum absolute atomic E-state index is 12.1. The molecule has 4 heteroatoms. The summed E-state index contributed by atoms with van der Waals surface area (Å²) in [5.41, 5.74) is 3.45. The minimum absolute atomic E-state index is 0.0708. The summed E-state index contributed by atoms with van der Waals surface area (Å²) in [7, 11) is -2.98. The van der Waals surface area contributed by atoms with Crippen LogP contribution in [0, 0.1) is 13.8 Å². The molecule has 1 aliphatic rings. The van der Waals surface area contributed by atoms with Crippen molar-refractivity contribution in [3.8, 4) is 0 Å². The van der Waals surface area contributed by atoms with Gasteiger partial charge >= 0.3 is 0 Å². The maximum Gasteiger partial charge on any atom is 0.154 e. The molecule has 1 aliphatic heterocycles. The Morgan fingerprint density at radius 2 is 1.78 bits per heavy atom. The number of nitrogens with one attached hydrogen (secondary N) is 1. The van der Waals surface area contributed by atoms with E-state index in [0.717, 1.165) is 12.1 Å². The van der Waals surface area contributed by atoms with E-state index in [1.165, 1.54) is 11.1 Å². The summed E-state index contributed by atoms with van der Waals surface area (Å²) in [6.07, 6.45) is 0.698. The highest BCUT2D eigenvalue weighted by Crippen LogP contribution is 2.23. The molecule has 1 saturated heterocycles. The Morgan fingerprint density at radius 1 is 1.17 bits per heavy atom. The fraction of sp³-hybridized carbons (Fsp3) is 0.571. The number of aryl methyl sites for hydroxylation is 2. The smallest absolute Gasteiger partial charge is 0.154 e. The molecule has 1 aromatic rings. The highest BCUT2D eigenvalue weighted by Gasteiger charge is 2.29. The van der Waals surface area contributed by atoms with Crippen LogP contribution in [-0.4, -0.2) is 26.0 Å². The monoisotopic (exact) mass is 267 g/mol. The average Bonchev–Trinajstić information content (AvgIpc) is 2.37. The fourth-order valence-corrected chi connectivity index (χ4v) is 4.10. The Bertz CT molecular complexity index is 516. The molecule has 0 spiro atoms. The maximum atomic E-state index is 12.1. The van der Waals surface area contributed by atoms with Gasteiger partial charge in [-0.05, 0) is 39.3 Å². The van der Waals surface area contributed by atoms with Gasteiger partial charge in [0.25, 0.3) is 0 Å². The molecule has 0 amide bonds. The number of benzene rings is 1. The summed E-state index contributed by atoms with van der Waals surface area (Å²) in [5, 5.41) is 3.12. The molecule has 1 heterocycles. The van der Waals surface area contributed by atoms with Crippen LogP contribution in [0.4, 0.5) is 0 Å².